The van der Waals surface area contributed by atoms with Crippen LogP contribution >= 0.6 is 0 Å². The summed E-state index contributed by atoms with van der Waals surface area (Å²) >= 11 is 0. The van der Waals surface area contributed by atoms with Gasteiger partial charge in [-0.25, -0.2) is 4.98 Å². The van der Waals surface area contributed by atoms with Crippen LogP contribution in [0.1, 0.15) is 28.8 Å². The molecule has 0 aliphatic rings. The minimum atomic E-state index is -0.655. The average molecular weight is 288 g/mol. The lowest BCUT2D eigenvalue weighted by atomic mass is 10.1. The van der Waals surface area contributed by atoms with E-state index < -0.39 is 12.0 Å². The summed E-state index contributed by atoms with van der Waals surface area (Å²) in [5.41, 5.74) is 12.4. The summed E-state index contributed by atoms with van der Waals surface area (Å²) < 4.78 is 1.66. The number of carbonyl (C=O) groups excluding carboxylic acids is 1. The first kappa shape index (κ1) is 15.1. The fraction of sp³-hybridized carbons (Fsp3) is 0.333. The van der Waals surface area contributed by atoms with Gasteiger partial charge in [-0.05, 0) is 18.9 Å². The number of hydrogen-bond acceptors (Lipinski definition) is 4. The number of nitrogen functional groups attached to an aromatic ring is 1. The molecule has 0 fully saturated rings. The van der Waals surface area contributed by atoms with Crippen molar-refractivity contribution in [1.82, 2.24) is 9.55 Å². The van der Waals surface area contributed by atoms with Crippen LogP contribution in [0.2, 0.25) is 0 Å². The van der Waals surface area contributed by atoms with Crippen LogP contribution in [0.5, 0.6) is 0 Å². The van der Waals surface area contributed by atoms with Crippen molar-refractivity contribution in [3.8, 4) is 0 Å². The van der Waals surface area contributed by atoms with Gasteiger partial charge in [0.1, 0.15) is 11.6 Å². The highest BCUT2D eigenvalue weighted by Crippen LogP contribution is 2.17. The number of hydrogen-bond donors (Lipinski definition) is 3. The third-order valence-electron chi connectivity index (χ3n) is 3.25. The number of aromatic nitrogens is 2. The van der Waals surface area contributed by atoms with Crippen LogP contribution in [-0.2, 0) is 19.4 Å². The minimum absolute atomic E-state index is 0.0683. The Balaban J connectivity index is 2.24. The molecule has 0 saturated carbocycles. The molecule has 112 valence electrons. The first-order valence-corrected chi connectivity index (χ1v) is 6.85. The number of benzene rings is 1. The monoisotopic (exact) mass is 288 g/mol. The van der Waals surface area contributed by atoms with E-state index in [9.17, 15) is 9.90 Å². The molecule has 0 aliphatic heterocycles. The molecule has 1 unspecified atom stereocenters. The zero-order chi connectivity index (χ0) is 15.4. The van der Waals surface area contributed by atoms with Crippen LogP contribution in [0, 0.1) is 0 Å². The minimum Gasteiger partial charge on any atom is -0.392 e. The second kappa shape index (κ2) is 6.41. The molecule has 1 amide bonds. The fourth-order valence-electron chi connectivity index (χ4n) is 2.25. The highest BCUT2D eigenvalue weighted by Gasteiger charge is 2.19. The molecule has 0 bridgehead atoms. The standard InChI is InChI=1S/C15H20N4O2/c1-10(20)9-19-12(18-13(14(19)16)15(17)21)8-7-11-5-3-2-4-6-11/h2-6,10,20H,7-9,16H2,1H3,(H2,17,21). The first-order chi connectivity index (χ1) is 9.99. The van der Waals surface area contributed by atoms with Gasteiger partial charge in [-0.2, -0.15) is 0 Å². The molecule has 2 rings (SSSR count). The zero-order valence-electron chi connectivity index (χ0n) is 12.0. The normalized spacial score (nSPS) is 12.3. The van der Waals surface area contributed by atoms with E-state index in [1.807, 2.05) is 30.3 Å². The summed E-state index contributed by atoms with van der Waals surface area (Å²) in [4.78, 5) is 15.6. The number of anilines is 1. The van der Waals surface area contributed by atoms with Gasteiger partial charge in [-0.1, -0.05) is 30.3 Å². The fourth-order valence-corrected chi connectivity index (χ4v) is 2.25. The van der Waals surface area contributed by atoms with E-state index in [2.05, 4.69) is 4.98 Å². The summed E-state index contributed by atoms with van der Waals surface area (Å²) in [6, 6.07) is 9.96. The van der Waals surface area contributed by atoms with Crippen LogP contribution < -0.4 is 11.5 Å². The second-order valence-electron chi connectivity index (χ2n) is 5.07. The van der Waals surface area contributed by atoms with Crippen LogP contribution in [0.4, 0.5) is 5.82 Å². The van der Waals surface area contributed by atoms with E-state index >= 15 is 0 Å². The summed E-state index contributed by atoms with van der Waals surface area (Å²) in [5.74, 6) is 0.218. The van der Waals surface area contributed by atoms with Crippen molar-refractivity contribution < 1.29 is 9.90 Å². The molecule has 2 aromatic rings. The van der Waals surface area contributed by atoms with Crippen molar-refractivity contribution in [2.45, 2.75) is 32.4 Å². The van der Waals surface area contributed by atoms with Gasteiger partial charge >= 0.3 is 0 Å². The number of carbonyl (C=O) groups is 1. The van der Waals surface area contributed by atoms with E-state index in [1.165, 1.54) is 5.56 Å². The Morgan fingerprint density at radius 3 is 2.57 bits per heavy atom. The SMILES string of the molecule is CC(O)Cn1c(CCc2ccccc2)nc(C(N)=O)c1N. The highest BCUT2D eigenvalue weighted by molar-refractivity contribution is 5.95. The Morgan fingerprint density at radius 1 is 1.33 bits per heavy atom. The molecule has 6 heteroatoms. The van der Waals surface area contributed by atoms with Crippen molar-refractivity contribution in [2.24, 2.45) is 5.73 Å². The lowest BCUT2D eigenvalue weighted by Gasteiger charge is -2.11. The van der Waals surface area contributed by atoms with Crippen molar-refractivity contribution in [3.05, 3.63) is 47.4 Å². The van der Waals surface area contributed by atoms with Crippen LogP contribution in [-0.4, -0.2) is 26.7 Å². The van der Waals surface area contributed by atoms with Gasteiger partial charge in [0.2, 0.25) is 0 Å². The van der Waals surface area contributed by atoms with Crippen molar-refractivity contribution in [1.29, 1.82) is 0 Å². The quantitative estimate of drug-likeness (QED) is 0.728. The molecule has 0 aliphatic carbocycles. The Morgan fingerprint density at radius 2 is 2.00 bits per heavy atom. The summed E-state index contributed by atoms with van der Waals surface area (Å²) in [7, 11) is 0. The first-order valence-electron chi connectivity index (χ1n) is 6.85. The molecule has 0 saturated heterocycles. The van der Waals surface area contributed by atoms with E-state index in [1.54, 1.807) is 11.5 Å². The molecule has 1 heterocycles. The third kappa shape index (κ3) is 3.61. The van der Waals surface area contributed by atoms with Gasteiger partial charge in [0.05, 0.1) is 12.6 Å². The Labute approximate surface area is 123 Å². The van der Waals surface area contributed by atoms with Crippen LogP contribution in [0.15, 0.2) is 30.3 Å². The molecule has 1 aromatic carbocycles. The predicted octanol–water partition coefficient (Wildman–Crippen LogP) is 0.730. The van der Waals surface area contributed by atoms with E-state index in [0.29, 0.717) is 12.2 Å². The van der Waals surface area contributed by atoms with Gasteiger partial charge in [0, 0.05) is 6.42 Å². The van der Waals surface area contributed by atoms with Gasteiger partial charge < -0.3 is 21.1 Å². The third-order valence-corrected chi connectivity index (χ3v) is 3.25. The topological polar surface area (TPSA) is 107 Å². The highest BCUT2D eigenvalue weighted by atomic mass is 16.3. The largest absolute Gasteiger partial charge is 0.392 e. The Hall–Kier alpha value is -2.34. The number of amides is 1. The van der Waals surface area contributed by atoms with Crippen molar-refractivity contribution in [3.63, 3.8) is 0 Å². The Kier molecular flexibility index (Phi) is 4.59. The maximum atomic E-state index is 11.4. The number of nitrogens with zero attached hydrogens (tertiary/aromatic N) is 2. The van der Waals surface area contributed by atoms with Crippen LogP contribution in [0.25, 0.3) is 0 Å². The van der Waals surface area contributed by atoms with Gasteiger partial charge in [-0.15, -0.1) is 0 Å². The molecule has 0 spiro atoms. The Bertz CT molecular complexity index is 620. The zero-order valence-corrected chi connectivity index (χ0v) is 12.0. The molecule has 5 N–H and O–H groups in total. The number of aliphatic hydroxyl groups is 1. The molecular weight excluding hydrogens is 268 g/mol. The van der Waals surface area contributed by atoms with Crippen molar-refractivity contribution >= 4 is 11.7 Å². The van der Waals surface area contributed by atoms with Crippen molar-refractivity contribution in [2.75, 3.05) is 5.73 Å². The number of nitrogens with two attached hydrogens (primary N) is 2. The maximum Gasteiger partial charge on any atom is 0.271 e. The molecule has 6 nitrogen and oxygen atoms in total. The summed E-state index contributed by atoms with van der Waals surface area (Å²) in [5, 5.41) is 9.57. The van der Waals surface area contributed by atoms with Gasteiger partial charge in [0.25, 0.3) is 5.91 Å². The van der Waals surface area contributed by atoms with Gasteiger partial charge in [0.15, 0.2) is 5.69 Å². The molecular formula is C15H20N4O2. The molecule has 1 aromatic heterocycles. The van der Waals surface area contributed by atoms with E-state index in [4.69, 9.17) is 11.5 Å². The summed E-state index contributed by atoms with van der Waals surface area (Å²) in [6.07, 6.45) is 0.807. The molecule has 1 atom stereocenters. The smallest absolute Gasteiger partial charge is 0.271 e. The maximum absolute atomic E-state index is 11.4. The molecule has 0 radical (unpaired) electrons. The number of primary amides is 1. The number of aryl methyl sites for hydroxylation is 2. The number of rotatable bonds is 6. The predicted molar refractivity (Wildman–Crippen MR) is 80.7 cm³/mol. The van der Waals surface area contributed by atoms with E-state index in [0.717, 1.165) is 6.42 Å². The molecule has 21 heavy (non-hydrogen) atoms. The van der Waals surface area contributed by atoms with Crippen LogP contribution in [0.3, 0.4) is 0 Å². The number of imidazole rings is 1. The second-order valence-corrected chi connectivity index (χ2v) is 5.07. The van der Waals surface area contributed by atoms with E-state index in [-0.39, 0.29) is 18.1 Å². The average Bonchev–Trinajstić information content (AvgIpc) is 2.75. The lowest BCUT2D eigenvalue weighted by molar-refractivity contribution is 0.0996. The number of aliphatic hydroxyl groups excluding tert-OH is 1. The van der Waals surface area contributed by atoms with Gasteiger partial charge in [-0.3, -0.25) is 4.79 Å². The lowest BCUT2D eigenvalue weighted by Crippen LogP contribution is -2.18. The summed E-state index contributed by atoms with van der Waals surface area (Å²) in [6.45, 7) is 1.95.